The van der Waals surface area contributed by atoms with Crippen LogP contribution in [0, 0.1) is 6.92 Å². The summed E-state index contributed by atoms with van der Waals surface area (Å²) in [5.74, 6) is 0.957. The zero-order chi connectivity index (χ0) is 13.3. The molecule has 3 nitrogen and oxygen atoms in total. The first-order valence-electron chi connectivity index (χ1n) is 5.59. The number of anilines is 1. The molecule has 0 saturated carbocycles. The average Bonchev–Trinajstić information content (AvgIpc) is 2.68. The van der Waals surface area contributed by atoms with Crippen LogP contribution in [0.4, 0.5) is 5.13 Å². The lowest BCUT2D eigenvalue weighted by atomic mass is 9.98. The fourth-order valence-electron chi connectivity index (χ4n) is 1.95. The number of hydrogen-bond donors (Lipinski definition) is 1. The van der Waals surface area contributed by atoms with Crippen molar-refractivity contribution in [2.24, 2.45) is 0 Å². The Morgan fingerprint density at radius 3 is 2.72 bits per heavy atom. The van der Waals surface area contributed by atoms with Crippen LogP contribution in [0.3, 0.4) is 0 Å². The Morgan fingerprint density at radius 1 is 1.44 bits per heavy atom. The number of halogens is 1. The van der Waals surface area contributed by atoms with Gasteiger partial charge in [0, 0.05) is 15.8 Å². The minimum atomic E-state index is 0.155. The van der Waals surface area contributed by atoms with Crippen LogP contribution in [-0.2, 0) is 0 Å². The molecular weight excluding hydrogens is 268 g/mol. The summed E-state index contributed by atoms with van der Waals surface area (Å²) in [5.41, 5.74) is 7.73. The molecule has 0 aliphatic rings. The molecule has 0 aliphatic heterocycles. The van der Waals surface area contributed by atoms with Crippen LogP contribution < -0.4 is 10.5 Å². The third-order valence-corrected chi connectivity index (χ3v) is 4.43. The summed E-state index contributed by atoms with van der Waals surface area (Å²) >= 11 is 7.76. The number of aromatic nitrogens is 1. The van der Waals surface area contributed by atoms with Crippen molar-refractivity contribution in [1.82, 2.24) is 4.98 Å². The number of ether oxygens (including phenoxy) is 1. The predicted octanol–water partition coefficient (Wildman–Crippen LogP) is 3.85. The molecule has 2 N–H and O–H groups in total. The lowest BCUT2D eigenvalue weighted by Crippen LogP contribution is -1.97. The SMILES string of the molecule is COc1ccc(Cl)c(C(C)c2sc(N)nc2C)c1. The number of nitrogens with two attached hydrogens (primary N) is 1. The Labute approximate surface area is 116 Å². The van der Waals surface area contributed by atoms with E-state index in [1.54, 1.807) is 7.11 Å². The van der Waals surface area contributed by atoms with Gasteiger partial charge in [0.25, 0.3) is 0 Å². The summed E-state index contributed by atoms with van der Waals surface area (Å²) in [6.45, 7) is 4.06. The average molecular weight is 283 g/mol. The molecule has 2 aromatic rings. The summed E-state index contributed by atoms with van der Waals surface area (Å²) in [6.07, 6.45) is 0. The van der Waals surface area contributed by atoms with Gasteiger partial charge in [-0.1, -0.05) is 18.5 Å². The number of rotatable bonds is 3. The molecule has 0 saturated heterocycles. The third-order valence-electron chi connectivity index (χ3n) is 2.91. The van der Waals surface area contributed by atoms with Gasteiger partial charge in [-0.3, -0.25) is 0 Å². The third kappa shape index (κ3) is 2.44. The molecule has 1 unspecified atom stereocenters. The standard InChI is InChI=1S/C13H15ClN2OS/c1-7(12-8(2)16-13(15)18-12)10-6-9(17-3)4-5-11(10)14/h4-7H,1-3H3,(H2,15,16). The maximum Gasteiger partial charge on any atom is 0.180 e. The number of thiazole rings is 1. The maximum atomic E-state index is 6.25. The Balaban J connectivity index is 2.45. The molecule has 2 rings (SSSR count). The van der Waals surface area contributed by atoms with Gasteiger partial charge in [-0.25, -0.2) is 4.98 Å². The first kappa shape index (κ1) is 13.2. The monoisotopic (exact) mass is 282 g/mol. The summed E-state index contributed by atoms with van der Waals surface area (Å²) in [7, 11) is 1.65. The second-order valence-corrected chi connectivity index (χ2v) is 5.58. The topological polar surface area (TPSA) is 48.1 Å². The number of nitrogen functional groups attached to an aromatic ring is 1. The van der Waals surface area contributed by atoms with Gasteiger partial charge >= 0.3 is 0 Å². The summed E-state index contributed by atoms with van der Waals surface area (Å²) in [5, 5.41) is 1.32. The summed E-state index contributed by atoms with van der Waals surface area (Å²) in [6, 6.07) is 5.67. The zero-order valence-corrected chi connectivity index (χ0v) is 12.1. The van der Waals surface area contributed by atoms with Crippen molar-refractivity contribution in [3.63, 3.8) is 0 Å². The predicted molar refractivity (Wildman–Crippen MR) is 76.8 cm³/mol. The molecule has 96 valence electrons. The smallest absolute Gasteiger partial charge is 0.180 e. The molecule has 0 fully saturated rings. The van der Waals surface area contributed by atoms with E-state index in [0.717, 1.165) is 26.9 Å². The first-order valence-corrected chi connectivity index (χ1v) is 6.78. The molecule has 0 bridgehead atoms. The van der Waals surface area contributed by atoms with E-state index in [9.17, 15) is 0 Å². The van der Waals surface area contributed by atoms with Gasteiger partial charge in [-0.05, 0) is 30.7 Å². The molecule has 18 heavy (non-hydrogen) atoms. The van der Waals surface area contributed by atoms with E-state index in [1.807, 2.05) is 25.1 Å². The largest absolute Gasteiger partial charge is 0.497 e. The Bertz CT molecular complexity index is 568. The highest BCUT2D eigenvalue weighted by Crippen LogP contribution is 2.37. The highest BCUT2D eigenvalue weighted by atomic mass is 35.5. The van der Waals surface area contributed by atoms with Crippen LogP contribution in [-0.4, -0.2) is 12.1 Å². The maximum absolute atomic E-state index is 6.25. The van der Waals surface area contributed by atoms with Crippen molar-refractivity contribution in [2.75, 3.05) is 12.8 Å². The fraction of sp³-hybridized carbons (Fsp3) is 0.308. The summed E-state index contributed by atoms with van der Waals surface area (Å²) < 4.78 is 5.24. The number of benzene rings is 1. The minimum absolute atomic E-state index is 0.155. The van der Waals surface area contributed by atoms with Crippen LogP contribution in [0.25, 0.3) is 0 Å². The van der Waals surface area contributed by atoms with Gasteiger partial charge in [-0.2, -0.15) is 0 Å². The molecule has 1 aromatic carbocycles. The van der Waals surface area contributed by atoms with Crippen LogP contribution >= 0.6 is 22.9 Å². The Morgan fingerprint density at radius 2 is 2.17 bits per heavy atom. The molecule has 0 aliphatic carbocycles. The molecule has 5 heteroatoms. The van der Waals surface area contributed by atoms with E-state index in [1.165, 1.54) is 11.3 Å². The van der Waals surface area contributed by atoms with Crippen LogP contribution in [0.2, 0.25) is 5.02 Å². The van der Waals surface area contributed by atoms with Crippen LogP contribution in [0.5, 0.6) is 5.75 Å². The van der Waals surface area contributed by atoms with E-state index in [2.05, 4.69) is 11.9 Å². The lowest BCUT2D eigenvalue weighted by Gasteiger charge is -2.14. The van der Waals surface area contributed by atoms with Crippen molar-refractivity contribution in [3.05, 3.63) is 39.4 Å². The number of methoxy groups -OCH3 is 1. The van der Waals surface area contributed by atoms with E-state index >= 15 is 0 Å². The Kier molecular flexibility index (Phi) is 3.78. The number of nitrogens with zero attached hydrogens (tertiary/aromatic N) is 1. The highest BCUT2D eigenvalue weighted by molar-refractivity contribution is 7.15. The van der Waals surface area contributed by atoms with Gasteiger partial charge in [0.15, 0.2) is 5.13 Å². The van der Waals surface area contributed by atoms with E-state index in [-0.39, 0.29) is 5.92 Å². The number of aryl methyl sites for hydroxylation is 1. The van der Waals surface area contributed by atoms with E-state index in [4.69, 9.17) is 22.1 Å². The fourth-order valence-corrected chi connectivity index (χ4v) is 3.14. The van der Waals surface area contributed by atoms with Gasteiger partial charge in [0.2, 0.25) is 0 Å². The lowest BCUT2D eigenvalue weighted by molar-refractivity contribution is 0.414. The second kappa shape index (κ2) is 5.16. The zero-order valence-electron chi connectivity index (χ0n) is 10.5. The van der Waals surface area contributed by atoms with Crippen molar-refractivity contribution >= 4 is 28.1 Å². The normalized spacial score (nSPS) is 12.4. The van der Waals surface area contributed by atoms with Crippen molar-refractivity contribution in [1.29, 1.82) is 0 Å². The van der Waals surface area contributed by atoms with Gasteiger partial charge < -0.3 is 10.5 Å². The first-order chi connectivity index (χ1) is 8.52. The molecule has 1 aromatic heterocycles. The van der Waals surface area contributed by atoms with Crippen molar-refractivity contribution in [2.45, 2.75) is 19.8 Å². The number of hydrogen-bond acceptors (Lipinski definition) is 4. The molecule has 1 heterocycles. The molecule has 0 amide bonds. The van der Waals surface area contributed by atoms with Gasteiger partial charge in [0.1, 0.15) is 5.75 Å². The second-order valence-electron chi connectivity index (χ2n) is 4.11. The van der Waals surface area contributed by atoms with Crippen molar-refractivity contribution < 1.29 is 4.74 Å². The van der Waals surface area contributed by atoms with Crippen LogP contribution in [0.1, 0.15) is 29.0 Å². The van der Waals surface area contributed by atoms with E-state index < -0.39 is 0 Å². The Hall–Kier alpha value is -1.26. The van der Waals surface area contributed by atoms with Crippen molar-refractivity contribution in [3.8, 4) is 5.75 Å². The van der Waals surface area contributed by atoms with E-state index in [0.29, 0.717) is 5.13 Å². The molecule has 1 atom stereocenters. The molecule has 0 spiro atoms. The minimum Gasteiger partial charge on any atom is -0.497 e. The van der Waals surface area contributed by atoms with Gasteiger partial charge in [0.05, 0.1) is 12.8 Å². The molecular formula is C13H15ClN2OS. The molecule has 0 radical (unpaired) electrons. The van der Waals surface area contributed by atoms with Crippen LogP contribution in [0.15, 0.2) is 18.2 Å². The highest BCUT2D eigenvalue weighted by Gasteiger charge is 2.18. The summed E-state index contributed by atoms with van der Waals surface area (Å²) in [4.78, 5) is 5.39. The van der Waals surface area contributed by atoms with Gasteiger partial charge in [-0.15, -0.1) is 11.3 Å². The quantitative estimate of drug-likeness (QED) is 0.930.